The van der Waals surface area contributed by atoms with Crippen molar-refractivity contribution in [2.24, 2.45) is 0 Å². The number of methoxy groups -OCH3 is 2. The topological polar surface area (TPSA) is 76.7 Å². The second-order valence-corrected chi connectivity index (χ2v) is 5.38. The molecule has 126 valence electrons. The van der Waals surface area contributed by atoms with Gasteiger partial charge in [0.15, 0.2) is 11.5 Å². The van der Waals surface area contributed by atoms with Gasteiger partial charge in [0, 0.05) is 11.1 Å². The van der Waals surface area contributed by atoms with Gasteiger partial charge in [0.2, 0.25) is 0 Å². The predicted octanol–water partition coefficient (Wildman–Crippen LogP) is 2.74. The first-order valence-electron chi connectivity index (χ1n) is 7.05. The first-order valence-corrected chi connectivity index (χ1v) is 7.43. The number of hydrogen-bond acceptors (Lipinski definition) is 4. The zero-order valence-corrected chi connectivity index (χ0v) is 14.2. The Labute approximate surface area is 144 Å². The van der Waals surface area contributed by atoms with Gasteiger partial charge in [-0.25, -0.2) is 0 Å². The molecule has 7 heteroatoms. The maximum absolute atomic E-state index is 12.2. The van der Waals surface area contributed by atoms with Crippen LogP contribution in [0.2, 0.25) is 5.02 Å². The van der Waals surface area contributed by atoms with E-state index in [-0.39, 0.29) is 10.6 Å². The van der Waals surface area contributed by atoms with Gasteiger partial charge in [-0.3, -0.25) is 20.4 Å². The number of halogens is 1. The third-order valence-corrected chi connectivity index (χ3v) is 3.58. The Bertz CT molecular complexity index is 760. The van der Waals surface area contributed by atoms with Crippen LogP contribution in [0.15, 0.2) is 36.4 Å². The van der Waals surface area contributed by atoms with Gasteiger partial charge in [0.1, 0.15) is 0 Å². The molecular weight excluding hydrogens is 332 g/mol. The number of hydrazine groups is 1. The minimum absolute atomic E-state index is 0.224. The molecule has 2 amide bonds. The quantitative estimate of drug-likeness (QED) is 0.833. The number of rotatable bonds is 4. The number of amides is 2. The average Bonchev–Trinajstić information content (AvgIpc) is 2.59. The maximum atomic E-state index is 12.2. The van der Waals surface area contributed by atoms with Crippen LogP contribution in [-0.4, -0.2) is 26.0 Å². The Morgan fingerprint density at radius 3 is 2.04 bits per heavy atom. The van der Waals surface area contributed by atoms with E-state index in [9.17, 15) is 9.59 Å². The zero-order chi connectivity index (χ0) is 17.7. The highest BCUT2D eigenvalue weighted by molar-refractivity contribution is 6.32. The fraction of sp³-hybridized carbons (Fsp3) is 0.176. The number of benzene rings is 2. The summed E-state index contributed by atoms with van der Waals surface area (Å²) in [6.45, 7) is 1.92. The molecule has 2 N–H and O–H groups in total. The molecule has 2 aromatic rings. The van der Waals surface area contributed by atoms with Crippen LogP contribution in [-0.2, 0) is 0 Å². The van der Waals surface area contributed by atoms with Crippen LogP contribution < -0.4 is 20.3 Å². The van der Waals surface area contributed by atoms with Crippen LogP contribution in [0.25, 0.3) is 0 Å². The molecule has 0 atom stereocenters. The lowest BCUT2D eigenvalue weighted by Crippen LogP contribution is -2.41. The van der Waals surface area contributed by atoms with Gasteiger partial charge < -0.3 is 9.47 Å². The minimum atomic E-state index is -0.529. The van der Waals surface area contributed by atoms with Crippen LogP contribution in [0.5, 0.6) is 11.5 Å². The Morgan fingerprint density at radius 1 is 0.917 bits per heavy atom. The van der Waals surface area contributed by atoms with Crippen LogP contribution in [0.1, 0.15) is 26.3 Å². The van der Waals surface area contributed by atoms with E-state index in [0.29, 0.717) is 17.1 Å². The number of ether oxygens (including phenoxy) is 2. The zero-order valence-electron chi connectivity index (χ0n) is 13.5. The van der Waals surface area contributed by atoms with Crippen molar-refractivity contribution in [2.75, 3.05) is 14.2 Å². The van der Waals surface area contributed by atoms with Gasteiger partial charge in [-0.05, 0) is 31.2 Å². The van der Waals surface area contributed by atoms with E-state index in [1.807, 2.05) is 19.1 Å². The van der Waals surface area contributed by atoms with Crippen molar-refractivity contribution >= 4 is 23.4 Å². The molecule has 0 aliphatic heterocycles. The van der Waals surface area contributed by atoms with Crippen molar-refractivity contribution in [3.63, 3.8) is 0 Å². The Hall–Kier alpha value is -2.73. The molecule has 0 spiro atoms. The molecule has 6 nitrogen and oxygen atoms in total. The second-order valence-electron chi connectivity index (χ2n) is 4.97. The van der Waals surface area contributed by atoms with Crippen LogP contribution in [0.3, 0.4) is 0 Å². The molecule has 0 saturated heterocycles. The number of carbonyl (C=O) groups excluding carboxylic acids is 2. The molecule has 0 fully saturated rings. The minimum Gasteiger partial charge on any atom is -0.493 e. The monoisotopic (exact) mass is 348 g/mol. The Balaban J connectivity index is 2.08. The Kier molecular flexibility index (Phi) is 5.65. The van der Waals surface area contributed by atoms with Gasteiger partial charge in [-0.2, -0.15) is 0 Å². The molecule has 2 aromatic carbocycles. The molecule has 24 heavy (non-hydrogen) atoms. The third kappa shape index (κ3) is 3.97. The van der Waals surface area contributed by atoms with E-state index in [1.165, 1.54) is 26.4 Å². The highest BCUT2D eigenvalue weighted by Gasteiger charge is 2.16. The third-order valence-electron chi connectivity index (χ3n) is 3.30. The van der Waals surface area contributed by atoms with Gasteiger partial charge in [-0.15, -0.1) is 0 Å². The van der Waals surface area contributed by atoms with Gasteiger partial charge in [-0.1, -0.05) is 29.3 Å². The van der Waals surface area contributed by atoms with E-state index < -0.39 is 11.8 Å². The maximum Gasteiger partial charge on any atom is 0.269 e. The molecule has 0 aliphatic rings. The molecule has 0 aromatic heterocycles. The first-order chi connectivity index (χ1) is 11.5. The lowest BCUT2D eigenvalue weighted by atomic mass is 10.1. The van der Waals surface area contributed by atoms with E-state index in [4.69, 9.17) is 21.1 Å². The lowest BCUT2D eigenvalue weighted by molar-refractivity contribution is 0.0846. The van der Waals surface area contributed by atoms with E-state index in [2.05, 4.69) is 10.9 Å². The molecule has 0 saturated carbocycles. The van der Waals surface area contributed by atoms with Gasteiger partial charge in [0.25, 0.3) is 11.8 Å². The second kappa shape index (κ2) is 7.70. The highest BCUT2D eigenvalue weighted by Crippen LogP contribution is 2.35. The Morgan fingerprint density at radius 2 is 1.50 bits per heavy atom. The smallest absolute Gasteiger partial charge is 0.269 e. The van der Waals surface area contributed by atoms with Gasteiger partial charge >= 0.3 is 0 Å². The summed E-state index contributed by atoms with van der Waals surface area (Å²) in [5, 5.41) is 0.229. The van der Waals surface area contributed by atoms with E-state index in [1.54, 1.807) is 12.1 Å². The van der Waals surface area contributed by atoms with E-state index >= 15 is 0 Å². The van der Waals surface area contributed by atoms with Crippen molar-refractivity contribution in [3.8, 4) is 11.5 Å². The summed E-state index contributed by atoms with van der Waals surface area (Å²) < 4.78 is 10.2. The lowest BCUT2D eigenvalue weighted by Gasteiger charge is -2.12. The highest BCUT2D eigenvalue weighted by atomic mass is 35.5. The molecule has 0 unspecified atom stereocenters. The molecule has 2 rings (SSSR count). The first kappa shape index (κ1) is 17.6. The molecule has 0 radical (unpaired) electrons. The normalized spacial score (nSPS) is 10.0. The van der Waals surface area contributed by atoms with Crippen LogP contribution >= 0.6 is 11.6 Å². The van der Waals surface area contributed by atoms with Crippen LogP contribution in [0, 0.1) is 6.92 Å². The number of hydrogen-bond donors (Lipinski definition) is 2. The summed E-state index contributed by atoms with van der Waals surface area (Å²) in [5.41, 5.74) is 6.38. The van der Waals surface area contributed by atoms with Crippen molar-refractivity contribution < 1.29 is 19.1 Å². The van der Waals surface area contributed by atoms with Crippen LogP contribution in [0.4, 0.5) is 0 Å². The molecular formula is C17H17ClN2O4. The number of aryl methyl sites for hydroxylation is 1. The summed E-state index contributed by atoms with van der Waals surface area (Å²) in [6.07, 6.45) is 0. The van der Waals surface area contributed by atoms with Crippen molar-refractivity contribution in [1.82, 2.24) is 10.9 Å². The predicted molar refractivity (Wildman–Crippen MR) is 90.7 cm³/mol. The van der Waals surface area contributed by atoms with Crippen molar-refractivity contribution in [3.05, 3.63) is 58.1 Å². The van der Waals surface area contributed by atoms with Gasteiger partial charge in [0.05, 0.1) is 19.2 Å². The van der Waals surface area contributed by atoms with Crippen molar-refractivity contribution in [1.29, 1.82) is 0 Å². The average molecular weight is 349 g/mol. The number of carbonyl (C=O) groups is 2. The molecule has 0 heterocycles. The fourth-order valence-corrected chi connectivity index (χ4v) is 2.30. The standard InChI is InChI=1S/C17H17ClN2O4/c1-10-4-6-11(7-5-10)16(21)19-20-17(22)12-8-13(18)15(24-3)14(9-12)23-2/h4-9H,1-3H3,(H,19,21)(H,20,22). The van der Waals surface area contributed by atoms with Crippen molar-refractivity contribution in [2.45, 2.75) is 6.92 Å². The number of nitrogens with one attached hydrogen (secondary N) is 2. The molecule has 0 aliphatic carbocycles. The fourth-order valence-electron chi connectivity index (χ4n) is 2.01. The largest absolute Gasteiger partial charge is 0.493 e. The molecule has 0 bridgehead atoms. The summed E-state index contributed by atoms with van der Waals surface area (Å²) in [5.74, 6) is -0.298. The summed E-state index contributed by atoms with van der Waals surface area (Å²) in [7, 11) is 2.89. The van der Waals surface area contributed by atoms with E-state index in [0.717, 1.165) is 5.56 Å². The SMILES string of the molecule is COc1cc(C(=O)NNC(=O)c2ccc(C)cc2)cc(Cl)c1OC. The summed E-state index contributed by atoms with van der Waals surface area (Å²) >= 11 is 6.06. The summed E-state index contributed by atoms with van der Waals surface area (Å²) in [4.78, 5) is 24.2. The summed E-state index contributed by atoms with van der Waals surface area (Å²) in [6, 6.07) is 9.86.